The van der Waals surface area contributed by atoms with Crippen molar-refractivity contribution in [1.82, 2.24) is 4.90 Å². The third kappa shape index (κ3) is 3.79. The van der Waals surface area contributed by atoms with Gasteiger partial charge in [0.15, 0.2) is 5.84 Å². The molecule has 3 N–H and O–H groups in total. The predicted molar refractivity (Wildman–Crippen MR) is 63.8 cm³/mol. The molecule has 4 nitrogen and oxygen atoms in total. The first-order valence-corrected chi connectivity index (χ1v) is 5.41. The minimum Gasteiger partial charge on any atom is -0.409 e. The van der Waals surface area contributed by atoms with Gasteiger partial charge in [-0.25, -0.2) is 4.39 Å². The fourth-order valence-corrected chi connectivity index (χ4v) is 1.69. The summed E-state index contributed by atoms with van der Waals surface area (Å²) in [7, 11) is 1.80. The lowest BCUT2D eigenvalue weighted by molar-refractivity contribution is 0.308. The molecule has 0 fully saturated rings. The lowest BCUT2D eigenvalue weighted by Crippen LogP contribution is -2.30. The molecule has 0 aliphatic heterocycles. The van der Waals surface area contributed by atoms with E-state index in [4.69, 9.17) is 10.9 Å². The van der Waals surface area contributed by atoms with E-state index in [1.54, 1.807) is 13.1 Å². The van der Waals surface area contributed by atoms with Crippen LogP contribution in [-0.2, 0) is 6.54 Å². The molecule has 0 bridgehead atoms. The number of hydrogen-bond acceptors (Lipinski definition) is 3. The number of benzene rings is 1. The van der Waals surface area contributed by atoms with Gasteiger partial charge in [-0.2, -0.15) is 0 Å². The first kappa shape index (κ1) is 12.9. The van der Waals surface area contributed by atoms with Crippen LogP contribution in [-0.4, -0.2) is 29.5 Å². The largest absolute Gasteiger partial charge is 0.409 e. The Morgan fingerprint density at radius 2 is 2.31 bits per heavy atom. The number of rotatable bonds is 4. The molecule has 0 aliphatic carbocycles. The van der Waals surface area contributed by atoms with Crippen LogP contribution in [0.1, 0.15) is 5.56 Å². The third-order valence-electron chi connectivity index (χ3n) is 2.01. The average Bonchev–Trinajstić information content (AvgIpc) is 2.23. The monoisotopic (exact) mass is 289 g/mol. The van der Waals surface area contributed by atoms with Gasteiger partial charge in [0.05, 0.1) is 6.54 Å². The highest BCUT2D eigenvalue weighted by Crippen LogP contribution is 2.18. The highest BCUT2D eigenvalue weighted by Gasteiger charge is 2.07. The van der Waals surface area contributed by atoms with Gasteiger partial charge in [0.1, 0.15) is 5.82 Å². The number of halogens is 2. The van der Waals surface area contributed by atoms with Crippen molar-refractivity contribution in [2.75, 3.05) is 13.6 Å². The molecule has 6 heteroatoms. The molecule has 0 spiro atoms. The Hall–Kier alpha value is -1.14. The summed E-state index contributed by atoms with van der Waals surface area (Å²) < 4.78 is 13.8. The molecule has 88 valence electrons. The SMILES string of the molecule is CN(CC(N)=NO)Cc1cc(F)ccc1Br. The first-order valence-electron chi connectivity index (χ1n) is 4.62. The van der Waals surface area contributed by atoms with Crippen molar-refractivity contribution in [2.45, 2.75) is 6.54 Å². The van der Waals surface area contributed by atoms with Crippen LogP contribution in [0, 0.1) is 5.82 Å². The molecule has 0 saturated carbocycles. The molecule has 0 aliphatic rings. The quantitative estimate of drug-likeness (QED) is 0.384. The Kier molecular flexibility index (Phi) is 4.70. The van der Waals surface area contributed by atoms with Crippen LogP contribution in [0.3, 0.4) is 0 Å². The van der Waals surface area contributed by atoms with Gasteiger partial charge >= 0.3 is 0 Å². The first-order chi connectivity index (χ1) is 7.52. The van der Waals surface area contributed by atoms with Crippen LogP contribution in [0.4, 0.5) is 4.39 Å². The zero-order chi connectivity index (χ0) is 12.1. The summed E-state index contributed by atoms with van der Waals surface area (Å²) in [5, 5.41) is 11.3. The minimum atomic E-state index is -0.282. The summed E-state index contributed by atoms with van der Waals surface area (Å²) in [5.41, 5.74) is 6.18. The van der Waals surface area contributed by atoms with Crippen LogP contribution in [0.2, 0.25) is 0 Å². The van der Waals surface area contributed by atoms with E-state index in [1.807, 2.05) is 4.90 Å². The third-order valence-corrected chi connectivity index (χ3v) is 2.78. The molecule has 0 heterocycles. The fraction of sp³-hybridized carbons (Fsp3) is 0.300. The van der Waals surface area contributed by atoms with Gasteiger partial charge in [0.25, 0.3) is 0 Å². The summed E-state index contributed by atoms with van der Waals surface area (Å²) in [6.45, 7) is 0.827. The molecule has 0 radical (unpaired) electrons. The van der Waals surface area contributed by atoms with E-state index in [1.165, 1.54) is 12.1 Å². The fourth-order valence-electron chi connectivity index (χ4n) is 1.32. The maximum absolute atomic E-state index is 13.0. The highest BCUT2D eigenvalue weighted by molar-refractivity contribution is 9.10. The number of amidine groups is 1. The van der Waals surface area contributed by atoms with Crippen LogP contribution < -0.4 is 5.73 Å². The lowest BCUT2D eigenvalue weighted by atomic mass is 10.2. The molecule has 1 aromatic rings. The molecule has 0 unspecified atom stereocenters. The van der Waals surface area contributed by atoms with E-state index >= 15 is 0 Å². The lowest BCUT2D eigenvalue weighted by Gasteiger charge is -2.16. The normalized spacial score (nSPS) is 12.1. The Morgan fingerprint density at radius 1 is 1.62 bits per heavy atom. The Bertz CT molecular complexity index is 398. The van der Waals surface area contributed by atoms with Gasteiger partial charge in [0.2, 0.25) is 0 Å². The zero-order valence-electron chi connectivity index (χ0n) is 8.82. The average molecular weight is 290 g/mol. The minimum absolute atomic E-state index is 0.120. The van der Waals surface area contributed by atoms with Crippen molar-refractivity contribution in [3.05, 3.63) is 34.1 Å². The van der Waals surface area contributed by atoms with Gasteiger partial charge in [-0.15, -0.1) is 0 Å². The van der Waals surface area contributed by atoms with Crippen LogP contribution in [0.5, 0.6) is 0 Å². The number of likely N-dealkylation sites (N-methyl/N-ethyl adjacent to an activating group) is 1. The number of nitrogens with two attached hydrogens (primary N) is 1. The van der Waals surface area contributed by atoms with E-state index in [2.05, 4.69) is 21.1 Å². The maximum atomic E-state index is 13.0. The van der Waals surface area contributed by atoms with Crippen LogP contribution >= 0.6 is 15.9 Å². The van der Waals surface area contributed by atoms with Crippen molar-refractivity contribution in [3.8, 4) is 0 Å². The van der Waals surface area contributed by atoms with Crippen LogP contribution in [0.15, 0.2) is 27.8 Å². The maximum Gasteiger partial charge on any atom is 0.153 e. The molecular weight excluding hydrogens is 277 g/mol. The predicted octanol–water partition coefficient (Wildman–Crippen LogP) is 1.77. The van der Waals surface area contributed by atoms with E-state index in [9.17, 15) is 4.39 Å². The Labute approximate surface area is 102 Å². The Balaban J connectivity index is 2.69. The van der Waals surface area contributed by atoms with Crippen molar-refractivity contribution in [2.24, 2.45) is 10.9 Å². The smallest absolute Gasteiger partial charge is 0.153 e. The summed E-state index contributed by atoms with van der Waals surface area (Å²) in [4.78, 5) is 1.81. The van der Waals surface area contributed by atoms with E-state index in [-0.39, 0.29) is 11.7 Å². The van der Waals surface area contributed by atoms with E-state index in [0.717, 1.165) is 10.0 Å². The van der Waals surface area contributed by atoms with Gasteiger partial charge < -0.3 is 10.9 Å². The molecular formula is C10H13BrFN3O. The highest BCUT2D eigenvalue weighted by atomic mass is 79.9. The second-order valence-electron chi connectivity index (χ2n) is 3.50. The van der Waals surface area contributed by atoms with Crippen molar-refractivity contribution >= 4 is 21.8 Å². The summed E-state index contributed by atoms with van der Waals surface area (Å²) in [5.74, 6) is -0.162. The second-order valence-corrected chi connectivity index (χ2v) is 4.35. The number of hydrogen-bond donors (Lipinski definition) is 2. The number of nitrogens with zero attached hydrogens (tertiary/aromatic N) is 2. The van der Waals surface area contributed by atoms with E-state index in [0.29, 0.717) is 13.1 Å². The summed E-state index contributed by atoms with van der Waals surface area (Å²) in [6, 6.07) is 4.49. The molecule has 0 amide bonds. The van der Waals surface area contributed by atoms with Gasteiger partial charge in [0, 0.05) is 11.0 Å². The Morgan fingerprint density at radius 3 is 2.94 bits per heavy atom. The summed E-state index contributed by atoms with van der Waals surface area (Å²) in [6.07, 6.45) is 0. The zero-order valence-corrected chi connectivity index (χ0v) is 10.4. The van der Waals surface area contributed by atoms with Crippen molar-refractivity contribution in [3.63, 3.8) is 0 Å². The van der Waals surface area contributed by atoms with Gasteiger partial charge in [-0.3, -0.25) is 4.90 Å². The molecule has 16 heavy (non-hydrogen) atoms. The van der Waals surface area contributed by atoms with Gasteiger partial charge in [-0.1, -0.05) is 21.1 Å². The molecule has 0 atom stereocenters. The number of oxime groups is 1. The molecule has 1 rings (SSSR count). The molecule has 0 saturated heterocycles. The standard InChI is InChI=1S/C10H13BrFN3O/c1-15(6-10(13)14-16)5-7-4-8(12)2-3-9(7)11/h2-4,16H,5-6H2,1H3,(H2,13,14). The second kappa shape index (κ2) is 5.81. The molecule has 1 aromatic carbocycles. The van der Waals surface area contributed by atoms with E-state index < -0.39 is 0 Å². The summed E-state index contributed by atoms with van der Waals surface area (Å²) >= 11 is 3.34. The van der Waals surface area contributed by atoms with Crippen molar-refractivity contribution < 1.29 is 9.60 Å². The van der Waals surface area contributed by atoms with Crippen molar-refractivity contribution in [1.29, 1.82) is 0 Å². The molecule has 0 aromatic heterocycles. The topological polar surface area (TPSA) is 61.8 Å². The van der Waals surface area contributed by atoms with Gasteiger partial charge in [-0.05, 0) is 30.8 Å². The van der Waals surface area contributed by atoms with Crippen LogP contribution in [0.25, 0.3) is 0 Å².